The van der Waals surface area contributed by atoms with Crippen molar-refractivity contribution in [2.45, 2.75) is 6.18 Å². The van der Waals surface area contributed by atoms with Crippen LogP contribution in [0.1, 0.15) is 11.1 Å². The van der Waals surface area contributed by atoms with Gasteiger partial charge in [-0.15, -0.1) is 0 Å². The van der Waals surface area contributed by atoms with Crippen LogP contribution < -0.4 is 9.80 Å². The van der Waals surface area contributed by atoms with Crippen molar-refractivity contribution in [3.63, 3.8) is 0 Å². The second kappa shape index (κ2) is 8.39. The van der Waals surface area contributed by atoms with Gasteiger partial charge in [-0.25, -0.2) is 4.90 Å². The Morgan fingerprint density at radius 1 is 0.935 bits per heavy atom. The third-order valence-electron chi connectivity index (χ3n) is 5.31. The minimum atomic E-state index is -4.48. The molecule has 162 valence electrons. The Morgan fingerprint density at radius 3 is 2.23 bits per heavy atom. The molecule has 0 bridgehead atoms. The largest absolute Gasteiger partial charge is 0.416 e. The number of halogens is 3. The lowest BCUT2D eigenvalue weighted by atomic mass is 10.1. The van der Waals surface area contributed by atoms with Crippen LogP contribution in [0.25, 0.3) is 6.08 Å². The van der Waals surface area contributed by atoms with Crippen LogP contribution in [-0.2, 0) is 11.0 Å². The van der Waals surface area contributed by atoms with E-state index < -0.39 is 22.9 Å². The highest BCUT2D eigenvalue weighted by Gasteiger charge is 2.37. The van der Waals surface area contributed by atoms with Crippen LogP contribution in [0.4, 0.5) is 29.3 Å². The Balaban J connectivity index is 1.60. The zero-order chi connectivity index (χ0) is 22.2. The summed E-state index contributed by atoms with van der Waals surface area (Å²) in [5, 5.41) is -0.534. The number of carbonyl (C=O) groups excluding carboxylic acids is 2. The molecule has 2 heterocycles. The molecule has 2 aromatic carbocycles. The molecule has 0 N–H and O–H groups in total. The van der Waals surface area contributed by atoms with Gasteiger partial charge in [0.15, 0.2) is 0 Å². The van der Waals surface area contributed by atoms with E-state index in [0.717, 1.165) is 78.4 Å². The van der Waals surface area contributed by atoms with Crippen molar-refractivity contribution in [3.8, 4) is 0 Å². The first-order valence-corrected chi connectivity index (χ1v) is 10.5. The van der Waals surface area contributed by atoms with E-state index in [4.69, 9.17) is 0 Å². The van der Waals surface area contributed by atoms with Crippen molar-refractivity contribution in [2.75, 3.05) is 43.0 Å². The lowest BCUT2D eigenvalue weighted by Crippen LogP contribution is -2.44. The van der Waals surface area contributed by atoms with E-state index in [1.54, 1.807) is 6.08 Å². The van der Waals surface area contributed by atoms with E-state index in [1.807, 2.05) is 24.3 Å². The van der Waals surface area contributed by atoms with Gasteiger partial charge in [-0.2, -0.15) is 13.2 Å². The summed E-state index contributed by atoms with van der Waals surface area (Å²) in [7, 11) is 2.07. The van der Waals surface area contributed by atoms with E-state index in [1.165, 1.54) is 0 Å². The van der Waals surface area contributed by atoms with Crippen LogP contribution >= 0.6 is 11.8 Å². The van der Waals surface area contributed by atoms with E-state index in [2.05, 4.69) is 16.8 Å². The Labute approximate surface area is 182 Å². The number of imide groups is 1. The first-order chi connectivity index (χ1) is 14.7. The highest BCUT2D eigenvalue weighted by molar-refractivity contribution is 8.19. The lowest BCUT2D eigenvalue weighted by Gasteiger charge is -2.34. The number of thioether (sulfide) groups is 1. The van der Waals surface area contributed by atoms with E-state index in [-0.39, 0.29) is 10.6 Å². The quantitative estimate of drug-likeness (QED) is 0.639. The number of carbonyl (C=O) groups is 2. The molecule has 0 aliphatic carbocycles. The number of nitrogens with zero attached hydrogens (tertiary/aromatic N) is 3. The SMILES string of the molecule is CN1CCN(c2ccccc2/C=C2/SC(=O)N(c3ccc(C(F)(F)F)cc3)C2=O)CC1. The van der Waals surface area contributed by atoms with E-state index >= 15 is 0 Å². The lowest BCUT2D eigenvalue weighted by molar-refractivity contribution is -0.137. The van der Waals surface area contributed by atoms with E-state index in [0.29, 0.717) is 0 Å². The molecule has 2 aliphatic heterocycles. The van der Waals surface area contributed by atoms with Gasteiger partial charge in [0, 0.05) is 31.9 Å². The van der Waals surface area contributed by atoms with Gasteiger partial charge in [-0.3, -0.25) is 9.59 Å². The molecule has 2 saturated heterocycles. The highest BCUT2D eigenvalue weighted by Crippen LogP contribution is 2.38. The maximum absolute atomic E-state index is 12.9. The second-order valence-corrected chi connectivity index (χ2v) is 8.40. The molecular formula is C22H20F3N3O2S. The monoisotopic (exact) mass is 447 g/mol. The van der Waals surface area contributed by atoms with E-state index in [9.17, 15) is 22.8 Å². The van der Waals surface area contributed by atoms with Gasteiger partial charge in [-0.1, -0.05) is 18.2 Å². The van der Waals surface area contributed by atoms with Gasteiger partial charge < -0.3 is 9.80 Å². The van der Waals surface area contributed by atoms with Crippen molar-refractivity contribution >= 4 is 40.4 Å². The summed E-state index contributed by atoms with van der Waals surface area (Å²) in [6.07, 6.45) is -2.80. The fourth-order valence-electron chi connectivity index (χ4n) is 3.58. The molecule has 2 fully saturated rings. The summed E-state index contributed by atoms with van der Waals surface area (Å²) in [6, 6.07) is 11.7. The zero-order valence-electron chi connectivity index (χ0n) is 16.7. The molecule has 2 aliphatic rings. The fraction of sp³-hybridized carbons (Fsp3) is 0.273. The normalized spacial score (nSPS) is 19.5. The summed E-state index contributed by atoms with van der Waals surface area (Å²) in [4.78, 5) is 31.0. The number of likely N-dealkylation sites (N-methyl/N-ethyl adjacent to an activating group) is 1. The van der Waals surface area contributed by atoms with Gasteiger partial charge in [0.2, 0.25) is 0 Å². The molecule has 0 unspecified atom stereocenters. The number of para-hydroxylation sites is 1. The molecule has 0 spiro atoms. The van der Waals surface area contributed by atoms with Crippen LogP contribution in [-0.4, -0.2) is 49.3 Å². The zero-order valence-corrected chi connectivity index (χ0v) is 17.5. The average Bonchev–Trinajstić information content (AvgIpc) is 3.01. The molecule has 9 heteroatoms. The molecule has 2 aromatic rings. The summed E-state index contributed by atoms with van der Waals surface area (Å²) >= 11 is 0.787. The van der Waals surface area contributed by atoms with Crippen molar-refractivity contribution in [3.05, 3.63) is 64.6 Å². The Kier molecular flexibility index (Phi) is 5.81. The van der Waals surface area contributed by atoms with Gasteiger partial charge in [0.25, 0.3) is 11.1 Å². The molecule has 0 saturated carbocycles. The minimum absolute atomic E-state index is 0.117. The predicted octanol–water partition coefficient (Wildman–Crippen LogP) is 4.70. The average molecular weight is 447 g/mol. The molecule has 5 nitrogen and oxygen atoms in total. The Hall–Kier alpha value is -2.78. The molecule has 0 atom stereocenters. The van der Waals surface area contributed by atoms with Crippen LogP contribution in [0.2, 0.25) is 0 Å². The van der Waals surface area contributed by atoms with Crippen molar-refractivity contribution in [1.82, 2.24) is 4.90 Å². The number of anilines is 2. The number of alkyl halides is 3. The maximum atomic E-state index is 12.9. The van der Waals surface area contributed by atoms with Gasteiger partial charge in [-0.05, 0) is 60.8 Å². The fourth-order valence-corrected chi connectivity index (χ4v) is 4.41. The molecule has 2 amide bonds. The van der Waals surface area contributed by atoms with Gasteiger partial charge in [0.05, 0.1) is 16.2 Å². The first kappa shape index (κ1) is 21.5. The third-order valence-corrected chi connectivity index (χ3v) is 6.18. The number of benzene rings is 2. The highest BCUT2D eigenvalue weighted by atomic mass is 32.2. The summed E-state index contributed by atoms with van der Waals surface area (Å²) in [5.41, 5.74) is 1.09. The van der Waals surface area contributed by atoms with Crippen LogP contribution in [0.5, 0.6) is 0 Å². The predicted molar refractivity (Wildman–Crippen MR) is 116 cm³/mol. The Bertz CT molecular complexity index is 1030. The number of piperazine rings is 1. The summed E-state index contributed by atoms with van der Waals surface area (Å²) < 4.78 is 38.4. The third kappa shape index (κ3) is 4.47. The molecular weight excluding hydrogens is 427 g/mol. The number of hydrogen-bond donors (Lipinski definition) is 0. The molecule has 4 rings (SSSR count). The van der Waals surface area contributed by atoms with Crippen molar-refractivity contribution in [2.24, 2.45) is 0 Å². The maximum Gasteiger partial charge on any atom is 0.416 e. The summed E-state index contributed by atoms with van der Waals surface area (Å²) in [6.45, 7) is 3.57. The van der Waals surface area contributed by atoms with Crippen LogP contribution in [0.3, 0.4) is 0 Å². The number of rotatable bonds is 3. The van der Waals surface area contributed by atoms with Crippen LogP contribution in [0, 0.1) is 0 Å². The molecule has 31 heavy (non-hydrogen) atoms. The molecule has 0 radical (unpaired) electrons. The second-order valence-electron chi connectivity index (χ2n) is 7.41. The first-order valence-electron chi connectivity index (χ1n) is 9.72. The van der Waals surface area contributed by atoms with Crippen LogP contribution in [0.15, 0.2) is 53.4 Å². The van der Waals surface area contributed by atoms with Crippen molar-refractivity contribution < 1.29 is 22.8 Å². The smallest absolute Gasteiger partial charge is 0.368 e. The van der Waals surface area contributed by atoms with Crippen molar-refractivity contribution in [1.29, 1.82) is 0 Å². The minimum Gasteiger partial charge on any atom is -0.368 e. The number of amides is 2. The number of hydrogen-bond acceptors (Lipinski definition) is 5. The summed E-state index contributed by atoms with van der Waals surface area (Å²) in [5.74, 6) is -0.539. The molecule has 0 aromatic heterocycles. The topological polar surface area (TPSA) is 43.9 Å². The van der Waals surface area contributed by atoms with Gasteiger partial charge >= 0.3 is 6.18 Å². The standard InChI is InChI=1S/C22H20F3N3O2S/c1-26-10-12-27(13-11-26)18-5-3-2-4-15(18)14-19-20(29)28(21(30)31-19)17-8-6-16(7-9-17)22(23,24)25/h2-9,14H,10-13H2,1H3/b19-14+. The Morgan fingerprint density at radius 2 is 1.58 bits per heavy atom. The van der Waals surface area contributed by atoms with Gasteiger partial charge in [0.1, 0.15) is 0 Å².